The average molecular weight is 570 g/mol. The molecule has 0 radical (unpaired) electrons. The minimum absolute atomic E-state index is 0.151. The average Bonchev–Trinajstić information content (AvgIpc) is 3.30. The van der Waals surface area contributed by atoms with Gasteiger partial charge in [0.1, 0.15) is 17.0 Å². The quantitative estimate of drug-likeness (QED) is 0.240. The Kier molecular flexibility index (Phi) is 7.22. The highest BCUT2D eigenvalue weighted by Crippen LogP contribution is 2.46. The zero-order valence-electron chi connectivity index (χ0n) is 23.6. The molecule has 9 heteroatoms. The van der Waals surface area contributed by atoms with Crippen molar-refractivity contribution in [2.45, 2.75) is 46.0 Å². The van der Waals surface area contributed by atoms with E-state index in [1.807, 2.05) is 32.9 Å². The van der Waals surface area contributed by atoms with Crippen molar-refractivity contribution in [3.05, 3.63) is 93.5 Å². The highest BCUT2D eigenvalue weighted by Gasteiger charge is 2.41. The van der Waals surface area contributed by atoms with Crippen LogP contribution in [0.2, 0.25) is 0 Å². The molecule has 5 rings (SSSR count). The lowest BCUT2D eigenvalue weighted by atomic mass is 9.71. The number of hydrogen-bond donors (Lipinski definition) is 2. The zero-order chi connectivity index (χ0) is 29.5. The number of amides is 1. The fourth-order valence-electron chi connectivity index (χ4n) is 5.11. The second-order valence-corrected chi connectivity index (χ2v) is 12.6. The molecule has 1 amide bonds. The third-order valence-corrected chi connectivity index (χ3v) is 7.70. The highest BCUT2D eigenvalue weighted by molar-refractivity contribution is 7.92. The van der Waals surface area contributed by atoms with E-state index >= 15 is 0 Å². The predicted octanol–water partition coefficient (Wildman–Crippen LogP) is 5.31. The number of carbonyl (C=O) groups is 2. The number of carbonyl (C=O) groups excluding carboxylic acids is 2. The van der Waals surface area contributed by atoms with Crippen molar-refractivity contribution in [3.63, 3.8) is 0 Å². The van der Waals surface area contributed by atoms with E-state index in [4.69, 9.17) is 4.42 Å². The van der Waals surface area contributed by atoms with E-state index < -0.39 is 15.4 Å². The number of furan rings is 1. The van der Waals surface area contributed by atoms with Gasteiger partial charge < -0.3 is 9.73 Å². The van der Waals surface area contributed by atoms with E-state index in [-0.39, 0.29) is 11.7 Å². The molecule has 0 fully saturated rings. The molecule has 0 aliphatic heterocycles. The van der Waals surface area contributed by atoms with Crippen molar-refractivity contribution in [1.82, 2.24) is 10.3 Å². The standard InChI is InChI=1S/C32H31N3O5S/c1-6-7-14-33-31(37)21-15-19(2)34-22(17-21)10-8-20-9-12-25-27(16-20)40-30-28(25)29(36)24-13-11-23(35-41(5,38)39)18-26(24)32(30,3)4/h9,11-13,15-18,35H,6-7,14H2,1-5H3,(H,33,37). The van der Waals surface area contributed by atoms with E-state index in [0.717, 1.165) is 19.1 Å². The largest absolute Gasteiger partial charge is 0.459 e. The predicted molar refractivity (Wildman–Crippen MR) is 159 cm³/mol. The third-order valence-electron chi connectivity index (χ3n) is 7.09. The first kappa shape index (κ1) is 28.1. The maximum Gasteiger partial charge on any atom is 0.251 e. The Labute approximate surface area is 239 Å². The molecular formula is C32H31N3O5S. The van der Waals surface area contributed by atoms with Crippen molar-refractivity contribution in [3.8, 4) is 11.8 Å². The Morgan fingerprint density at radius 1 is 1.07 bits per heavy atom. The number of nitrogens with zero attached hydrogens (tertiary/aromatic N) is 1. The Balaban J connectivity index is 1.49. The smallest absolute Gasteiger partial charge is 0.251 e. The summed E-state index contributed by atoms with van der Waals surface area (Å²) in [5.41, 5.74) is 4.27. The number of aryl methyl sites for hydroxylation is 1. The van der Waals surface area contributed by atoms with Gasteiger partial charge in [-0.05, 0) is 87.2 Å². The number of unbranched alkanes of at least 4 members (excludes halogenated alkanes) is 1. The minimum Gasteiger partial charge on any atom is -0.459 e. The summed E-state index contributed by atoms with van der Waals surface area (Å²) in [6.45, 7) is 8.41. The molecule has 210 valence electrons. The molecule has 0 saturated carbocycles. The number of aromatic nitrogens is 1. The van der Waals surface area contributed by atoms with Gasteiger partial charge in [-0.25, -0.2) is 13.4 Å². The lowest BCUT2D eigenvalue weighted by Gasteiger charge is -2.31. The van der Waals surface area contributed by atoms with Gasteiger partial charge in [0.2, 0.25) is 10.0 Å². The third kappa shape index (κ3) is 5.61. The zero-order valence-corrected chi connectivity index (χ0v) is 24.5. The molecule has 1 aliphatic rings. The SMILES string of the molecule is CCCCNC(=O)c1cc(C)nc(C#Cc2ccc3c4c(oc3c2)C(C)(C)c2cc(NS(C)(=O)=O)ccc2C4=O)c1. The summed E-state index contributed by atoms with van der Waals surface area (Å²) >= 11 is 0. The molecule has 0 unspecified atom stereocenters. The van der Waals surface area contributed by atoms with Crippen molar-refractivity contribution in [2.75, 3.05) is 17.5 Å². The van der Waals surface area contributed by atoms with Crippen LogP contribution in [0.5, 0.6) is 0 Å². The van der Waals surface area contributed by atoms with E-state index in [1.165, 1.54) is 0 Å². The number of pyridine rings is 1. The van der Waals surface area contributed by atoms with Crippen molar-refractivity contribution in [2.24, 2.45) is 0 Å². The number of hydrogen-bond acceptors (Lipinski definition) is 6. The van der Waals surface area contributed by atoms with Crippen LogP contribution in [0.1, 0.15) is 88.2 Å². The van der Waals surface area contributed by atoms with Crippen LogP contribution in [0.4, 0.5) is 5.69 Å². The Morgan fingerprint density at radius 2 is 1.85 bits per heavy atom. The van der Waals surface area contributed by atoms with Gasteiger partial charge in [-0.3, -0.25) is 14.3 Å². The summed E-state index contributed by atoms with van der Waals surface area (Å²) in [6, 6.07) is 13.8. The summed E-state index contributed by atoms with van der Waals surface area (Å²) in [4.78, 5) is 30.6. The first-order chi connectivity index (χ1) is 19.4. The Hall–Kier alpha value is -4.42. The second-order valence-electron chi connectivity index (χ2n) is 10.8. The first-order valence-corrected chi connectivity index (χ1v) is 15.3. The number of anilines is 1. The summed E-state index contributed by atoms with van der Waals surface area (Å²) in [7, 11) is -3.48. The van der Waals surface area contributed by atoms with Crippen LogP contribution < -0.4 is 10.0 Å². The van der Waals surface area contributed by atoms with Gasteiger partial charge >= 0.3 is 0 Å². The van der Waals surface area contributed by atoms with Crippen LogP contribution in [-0.2, 0) is 15.4 Å². The van der Waals surface area contributed by atoms with Gasteiger partial charge in [0.05, 0.1) is 11.8 Å². The van der Waals surface area contributed by atoms with Crippen LogP contribution >= 0.6 is 0 Å². The molecule has 2 N–H and O–H groups in total. The molecule has 2 aromatic carbocycles. The monoisotopic (exact) mass is 569 g/mol. The van der Waals surface area contributed by atoms with Crippen LogP contribution in [0.3, 0.4) is 0 Å². The van der Waals surface area contributed by atoms with E-state index in [9.17, 15) is 18.0 Å². The molecule has 4 aromatic rings. The van der Waals surface area contributed by atoms with E-state index in [2.05, 4.69) is 33.8 Å². The van der Waals surface area contributed by atoms with E-state index in [1.54, 1.807) is 36.4 Å². The molecular weight excluding hydrogens is 538 g/mol. The van der Waals surface area contributed by atoms with Gasteiger partial charge in [-0.2, -0.15) is 0 Å². The second kappa shape index (κ2) is 10.5. The number of benzene rings is 2. The molecule has 41 heavy (non-hydrogen) atoms. The summed E-state index contributed by atoms with van der Waals surface area (Å²) < 4.78 is 32.3. The summed E-state index contributed by atoms with van der Waals surface area (Å²) in [5, 5.41) is 3.60. The molecule has 1 aliphatic carbocycles. The maximum absolute atomic E-state index is 13.6. The van der Waals surface area contributed by atoms with Crippen LogP contribution in [0.25, 0.3) is 11.0 Å². The van der Waals surface area contributed by atoms with Crippen molar-refractivity contribution in [1.29, 1.82) is 0 Å². The number of nitrogens with one attached hydrogen (secondary N) is 2. The lowest BCUT2D eigenvalue weighted by Crippen LogP contribution is -2.29. The molecule has 0 saturated heterocycles. The Bertz CT molecular complexity index is 1890. The number of fused-ring (bicyclic) bond motifs is 4. The van der Waals surface area contributed by atoms with Crippen LogP contribution in [0.15, 0.2) is 52.9 Å². The van der Waals surface area contributed by atoms with Crippen molar-refractivity contribution >= 4 is 38.4 Å². The summed E-state index contributed by atoms with van der Waals surface area (Å²) in [6.07, 6.45) is 3.00. The Morgan fingerprint density at radius 3 is 2.59 bits per heavy atom. The fraction of sp³-hybridized carbons (Fsp3) is 0.281. The number of sulfonamides is 1. The van der Waals surface area contributed by atoms with Gasteiger partial charge in [0.25, 0.3) is 5.91 Å². The number of ketones is 1. The molecule has 8 nitrogen and oxygen atoms in total. The molecule has 2 heterocycles. The van der Waals surface area contributed by atoms with Gasteiger partial charge in [0, 0.05) is 45.4 Å². The first-order valence-electron chi connectivity index (χ1n) is 13.4. The lowest BCUT2D eigenvalue weighted by molar-refractivity contribution is 0.0952. The van der Waals surface area contributed by atoms with Crippen molar-refractivity contribution < 1.29 is 22.4 Å². The van der Waals surface area contributed by atoms with E-state index in [0.29, 0.717) is 68.2 Å². The molecule has 0 bridgehead atoms. The topological polar surface area (TPSA) is 118 Å². The fourth-order valence-corrected chi connectivity index (χ4v) is 5.67. The van der Waals surface area contributed by atoms with Gasteiger partial charge in [0.15, 0.2) is 5.78 Å². The summed E-state index contributed by atoms with van der Waals surface area (Å²) in [5.74, 6) is 6.35. The van der Waals surface area contributed by atoms with Crippen LogP contribution in [-0.4, -0.2) is 37.9 Å². The highest BCUT2D eigenvalue weighted by atomic mass is 32.2. The van der Waals surface area contributed by atoms with Gasteiger partial charge in [-0.15, -0.1) is 0 Å². The minimum atomic E-state index is -3.48. The molecule has 0 spiro atoms. The van der Waals surface area contributed by atoms with Gasteiger partial charge in [-0.1, -0.05) is 19.3 Å². The van der Waals surface area contributed by atoms with Crippen LogP contribution in [0, 0.1) is 18.8 Å². The maximum atomic E-state index is 13.6. The normalized spacial score (nSPS) is 13.6. The number of rotatable bonds is 6. The molecule has 0 atom stereocenters. The molecule has 2 aromatic heterocycles.